The quantitative estimate of drug-likeness (QED) is 0.268. The van der Waals surface area contributed by atoms with E-state index < -0.39 is 0 Å². The van der Waals surface area contributed by atoms with Crippen LogP contribution in [0.1, 0.15) is 0 Å². The van der Waals surface area contributed by atoms with Gasteiger partial charge in [-0.3, -0.25) is 13.8 Å². The highest BCUT2D eigenvalue weighted by Gasteiger charge is 2.24. The van der Waals surface area contributed by atoms with Gasteiger partial charge in [0.1, 0.15) is 5.65 Å². The van der Waals surface area contributed by atoms with E-state index in [0.29, 0.717) is 5.39 Å². The fourth-order valence-electron chi connectivity index (χ4n) is 5.85. The molecule has 34 heavy (non-hydrogen) atoms. The van der Waals surface area contributed by atoms with E-state index in [2.05, 4.69) is 83.3 Å². The minimum atomic E-state index is 0.00196. The molecule has 0 radical (unpaired) electrons. The zero-order valence-corrected chi connectivity index (χ0v) is 18.2. The van der Waals surface area contributed by atoms with Crippen LogP contribution in [0.15, 0.2) is 114 Å². The first-order valence-corrected chi connectivity index (χ1v) is 11.5. The molecule has 2 aromatic heterocycles. The molecule has 3 nitrogen and oxygen atoms in total. The number of hydrogen-bond acceptors (Lipinski definition) is 1. The van der Waals surface area contributed by atoms with Crippen LogP contribution in [0.5, 0.6) is 0 Å². The van der Waals surface area contributed by atoms with Crippen LogP contribution < -0.4 is 5.56 Å². The molecule has 2 heterocycles. The third kappa shape index (κ3) is 2.09. The molecule has 0 saturated heterocycles. The Morgan fingerprint density at radius 1 is 0.529 bits per heavy atom. The van der Waals surface area contributed by atoms with Crippen molar-refractivity contribution in [1.82, 2.24) is 8.97 Å². The van der Waals surface area contributed by atoms with Gasteiger partial charge in [-0.15, -0.1) is 0 Å². The number of aromatic nitrogens is 2. The summed E-state index contributed by atoms with van der Waals surface area (Å²) in [4.78, 5) is 14.0. The first-order chi connectivity index (χ1) is 16.8. The molecule has 0 fully saturated rings. The van der Waals surface area contributed by atoms with Gasteiger partial charge in [-0.05, 0) is 58.0 Å². The highest BCUT2D eigenvalue weighted by molar-refractivity contribution is 6.17. The molecular formula is C31H18N2O. The molecule has 7 aromatic rings. The van der Waals surface area contributed by atoms with Crippen LogP contribution in [-0.4, -0.2) is 8.97 Å². The number of hydrogen-bond donors (Lipinski definition) is 0. The van der Waals surface area contributed by atoms with Crippen LogP contribution in [-0.2, 0) is 0 Å². The second-order valence-electron chi connectivity index (χ2n) is 8.96. The highest BCUT2D eigenvalue weighted by Crippen LogP contribution is 2.48. The number of fused-ring (bicyclic) bond motifs is 8. The van der Waals surface area contributed by atoms with Gasteiger partial charge in [-0.1, -0.05) is 78.9 Å². The topological polar surface area (TPSA) is 26.4 Å². The summed E-state index contributed by atoms with van der Waals surface area (Å²) in [5.74, 6) is 0. The molecule has 1 aliphatic rings. The van der Waals surface area contributed by atoms with Gasteiger partial charge in [0.2, 0.25) is 0 Å². The molecule has 0 atom stereocenters. The lowest BCUT2D eigenvalue weighted by Crippen LogP contribution is -2.21. The molecule has 0 aliphatic heterocycles. The predicted molar refractivity (Wildman–Crippen MR) is 140 cm³/mol. The van der Waals surface area contributed by atoms with Crippen molar-refractivity contribution < 1.29 is 0 Å². The monoisotopic (exact) mass is 434 g/mol. The number of nitrogens with zero attached hydrogens (tertiary/aromatic N) is 2. The van der Waals surface area contributed by atoms with E-state index >= 15 is 0 Å². The Bertz CT molecular complexity index is 2010. The Morgan fingerprint density at radius 3 is 2.03 bits per heavy atom. The summed E-state index contributed by atoms with van der Waals surface area (Å²) in [6.07, 6.45) is 0. The second-order valence-corrected chi connectivity index (χ2v) is 8.96. The molecule has 0 amide bonds. The maximum absolute atomic E-state index is 14.0. The SMILES string of the molecule is O=c1c2ccccc2n2c3ccccc3cc2n1-c1ccc2c3c(cccc13)-c1ccccc1-2. The second kappa shape index (κ2) is 6.24. The Kier molecular flexibility index (Phi) is 3.28. The summed E-state index contributed by atoms with van der Waals surface area (Å²) >= 11 is 0. The van der Waals surface area contributed by atoms with E-state index in [9.17, 15) is 4.79 Å². The Labute approximate surface area is 194 Å². The van der Waals surface area contributed by atoms with Crippen molar-refractivity contribution in [3.8, 4) is 27.9 Å². The molecule has 0 N–H and O–H groups in total. The predicted octanol–water partition coefficient (Wildman–Crippen LogP) is 7.20. The van der Waals surface area contributed by atoms with Crippen LogP contribution in [0.2, 0.25) is 0 Å². The Balaban J connectivity index is 1.59. The van der Waals surface area contributed by atoms with Gasteiger partial charge < -0.3 is 0 Å². The molecular weight excluding hydrogens is 416 g/mol. The van der Waals surface area contributed by atoms with Crippen LogP contribution >= 0.6 is 0 Å². The van der Waals surface area contributed by atoms with Crippen molar-refractivity contribution in [3.05, 3.63) is 120 Å². The van der Waals surface area contributed by atoms with Crippen molar-refractivity contribution in [2.24, 2.45) is 0 Å². The van der Waals surface area contributed by atoms with Gasteiger partial charge in [0.15, 0.2) is 0 Å². The molecule has 5 aromatic carbocycles. The summed E-state index contributed by atoms with van der Waals surface area (Å²) in [6, 6.07) is 37.6. The number of benzene rings is 5. The molecule has 3 heteroatoms. The summed E-state index contributed by atoms with van der Waals surface area (Å²) in [5, 5.41) is 4.14. The largest absolute Gasteiger partial charge is 0.295 e. The summed E-state index contributed by atoms with van der Waals surface area (Å²) in [5.41, 5.74) is 8.79. The summed E-state index contributed by atoms with van der Waals surface area (Å²) in [6.45, 7) is 0. The van der Waals surface area contributed by atoms with E-state index in [1.807, 2.05) is 34.9 Å². The number of para-hydroxylation sites is 2. The standard InChI is InChI=1S/C31H18N2O/c34-31-25-11-4-6-15-27(25)32-26-14-5-1-8-19(26)18-29(32)33(31)28-17-16-23-21-10-3-2-9-20(21)22-12-7-13-24(28)30(22)23/h1-18H. The lowest BCUT2D eigenvalue weighted by Gasteiger charge is -2.15. The van der Waals surface area contributed by atoms with Crippen LogP contribution in [0.25, 0.3) is 66.2 Å². The molecule has 8 rings (SSSR count). The van der Waals surface area contributed by atoms with Gasteiger partial charge in [0, 0.05) is 10.8 Å². The van der Waals surface area contributed by atoms with Gasteiger partial charge in [0.05, 0.1) is 22.1 Å². The maximum Gasteiger partial charge on any atom is 0.266 e. The van der Waals surface area contributed by atoms with Gasteiger partial charge in [-0.2, -0.15) is 0 Å². The van der Waals surface area contributed by atoms with E-state index in [-0.39, 0.29) is 5.56 Å². The van der Waals surface area contributed by atoms with E-state index in [4.69, 9.17) is 0 Å². The van der Waals surface area contributed by atoms with Crippen LogP contribution in [0, 0.1) is 0 Å². The van der Waals surface area contributed by atoms with Crippen molar-refractivity contribution in [2.45, 2.75) is 0 Å². The fourth-order valence-corrected chi connectivity index (χ4v) is 5.85. The number of rotatable bonds is 1. The molecule has 1 aliphatic carbocycles. The van der Waals surface area contributed by atoms with Gasteiger partial charge in [-0.25, -0.2) is 0 Å². The van der Waals surface area contributed by atoms with E-state index in [0.717, 1.165) is 33.1 Å². The van der Waals surface area contributed by atoms with Gasteiger partial charge >= 0.3 is 0 Å². The lowest BCUT2D eigenvalue weighted by molar-refractivity contribution is 1.02. The molecule has 0 unspecified atom stereocenters. The zero-order chi connectivity index (χ0) is 22.4. The van der Waals surface area contributed by atoms with E-state index in [1.165, 1.54) is 27.6 Å². The third-order valence-electron chi connectivity index (χ3n) is 7.26. The first kappa shape index (κ1) is 17.9. The van der Waals surface area contributed by atoms with E-state index in [1.54, 1.807) is 0 Å². The summed E-state index contributed by atoms with van der Waals surface area (Å²) in [7, 11) is 0. The first-order valence-electron chi connectivity index (χ1n) is 11.5. The molecule has 0 saturated carbocycles. The Hall–Kier alpha value is -4.63. The maximum atomic E-state index is 14.0. The molecule has 158 valence electrons. The van der Waals surface area contributed by atoms with Crippen molar-refractivity contribution in [3.63, 3.8) is 0 Å². The Morgan fingerprint density at radius 2 is 1.18 bits per heavy atom. The van der Waals surface area contributed by atoms with Crippen molar-refractivity contribution in [2.75, 3.05) is 0 Å². The minimum absolute atomic E-state index is 0.00196. The average Bonchev–Trinajstić information content (AvgIpc) is 3.43. The summed E-state index contributed by atoms with van der Waals surface area (Å²) < 4.78 is 4.11. The van der Waals surface area contributed by atoms with Crippen molar-refractivity contribution in [1.29, 1.82) is 0 Å². The van der Waals surface area contributed by atoms with Crippen LogP contribution in [0.3, 0.4) is 0 Å². The highest BCUT2D eigenvalue weighted by atomic mass is 16.1. The normalized spacial score (nSPS) is 12.2. The van der Waals surface area contributed by atoms with Crippen LogP contribution in [0.4, 0.5) is 0 Å². The zero-order valence-electron chi connectivity index (χ0n) is 18.2. The molecule has 0 bridgehead atoms. The fraction of sp³-hybridized carbons (Fsp3) is 0. The average molecular weight is 434 g/mol. The minimum Gasteiger partial charge on any atom is -0.295 e. The van der Waals surface area contributed by atoms with Gasteiger partial charge in [0.25, 0.3) is 5.56 Å². The molecule has 0 spiro atoms. The smallest absolute Gasteiger partial charge is 0.266 e. The lowest BCUT2D eigenvalue weighted by atomic mass is 10.0. The third-order valence-corrected chi connectivity index (χ3v) is 7.26. The van der Waals surface area contributed by atoms with Crippen molar-refractivity contribution >= 4 is 38.2 Å².